The molecule has 1 atom stereocenters. The van der Waals surface area contributed by atoms with E-state index in [0.717, 1.165) is 16.7 Å². The lowest BCUT2D eigenvalue weighted by molar-refractivity contribution is -0.132. The zero-order chi connectivity index (χ0) is 26.8. The van der Waals surface area contributed by atoms with Crippen molar-refractivity contribution in [1.82, 2.24) is 0 Å². The lowest BCUT2D eigenvalue weighted by Gasteiger charge is -2.27. The first-order chi connectivity index (χ1) is 18.4. The fourth-order valence-electron chi connectivity index (χ4n) is 4.79. The smallest absolute Gasteiger partial charge is 0.300 e. The molecule has 38 heavy (non-hydrogen) atoms. The fraction of sp³-hybridized carbons (Fsp3) is 0.125. The summed E-state index contributed by atoms with van der Waals surface area (Å²) < 4.78 is 5.96. The van der Waals surface area contributed by atoms with Crippen LogP contribution in [0.25, 0.3) is 5.76 Å². The molecule has 1 amide bonds. The number of Topliss-reactive ketones (excluding diaryl/α,β-unsaturated/α-hetero) is 1. The molecule has 1 fully saturated rings. The average molecular weight is 506 g/mol. The number of hydrogen-bond donors (Lipinski definition) is 2. The van der Waals surface area contributed by atoms with Crippen LogP contribution in [0.1, 0.15) is 33.9 Å². The van der Waals surface area contributed by atoms with Crippen molar-refractivity contribution in [1.29, 1.82) is 0 Å². The van der Waals surface area contributed by atoms with Crippen LogP contribution in [0.5, 0.6) is 11.5 Å². The first-order valence-electron chi connectivity index (χ1n) is 12.3. The predicted molar refractivity (Wildman–Crippen MR) is 146 cm³/mol. The minimum atomic E-state index is -0.918. The molecule has 190 valence electrons. The number of aliphatic hydroxyl groups excluding tert-OH is 1. The number of aliphatic hydroxyl groups is 1. The third-order valence-corrected chi connectivity index (χ3v) is 6.75. The van der Waals surface area contributed by atoms with Gasteiger partial charge in [0.05, 0.1) is 17.3 Å². The molecule has 6 nitrogen and oxygen atoms in total. The molecule has 4 aromatic rings. The molecule has 0 aliphatic carbocycles. The molecule has 0 radical (unpaired) electrons. The Morgan fingerprint density at radius 3 is 2.24 bits per heavy atom. The Labute approximate surface area is 221 Å². The van der Waals surface area contributed by atoms with Crippen molar-refractivity contribution in [3.63, 3.8) is 0 Å². The van der Waals surface area contributed by atoms with Crippen molar-refractivity contribution in [3.8, 4) is 11.5 Å². The van der Waals surface area contributed by atoms with Gasteiger partial charge in [-0.1, -0.05) is 66.7 Å². The van der Waals surface area contributed by atoms with Gasteiger partial charge in [-0.05, 0) is 66.4 Å². The molecule has 5 rings (SSSR count). The Bertz CT molecular complexity index is 1560. The van der Waals surface area contributed by atoms with Gasteiger partial charge in [-0.25, -0.2) is 0 Å². The van der Waals surface area contributed by atoms with E-state index in [9.17, 15) is 19.8 Å². The van der Waals surface area contributed by atoms with E-state index in [1.807, 2.05) is 68.4 Å². The van der Waals surface area contributed by atoms with Crippen LogP contribution in [-0.2, 0) is 16.2 Å². The van der Waals surface area contributed by atoms with Crippen LogP contribution in [-0.4, -0.2) is 21.9 Å². The Kier molecular flexibility index (Phi) is 6.71. The van der Waals surface area contributed by atoms with E-state index in [1.165, 1.54) is 11.0 Å². The van der Waals surface area contributed by atoms with E-state index < -0.39 is 17.7 Å². The van der Waals surface area contributed by atoms with Gasteiger partial charge in [0.15, 0.2) is 0 Å². The number of anilines is 1. The van der Waals surface area contributed by atoms with Crippen LogP contribution in [0.2, 0.25) is 0 Å². The predicted octanol–water partition coefficient (Wildman–Crippen LogP) is 6.21. The van der Waals surface area contributed by atoms with Crippen molar-refractivity contribution >= 4 is 23.1 Å². The number of ether oxygens (including phenoxy) is 1. The van der Waals surface area contributed by atoms with Gasteiger partial charge >= 0.3 is 0 Å². The Morgan fingerprint density at radius 2 is 1.53 bits per heavy atom. The second kappa shape index (κ2) is 10.3. The van der Waals surface area contributed by atoms with Gasteiger partial charge in [-0.15, -0.1) is 0 Å². The zero-order valence-corrected chi connectivity index (χ0v) is 21.1. The number of aromatic hydroxyl groups is 1. The van der Waals surface area contributed by atoms with E-state index in [-0.39, 0.29) is 22.8 Å². The molecule has 0 bridgehead atoms. The van der Waals surface area contributed by atoms with E-state index in [1.54, 1.807) is 36.4 Å². The molecule has 1 saturated heterocycles. The van der Waals surface area contributed by atoms with Crippen molar-refractivity contribution in [2.24, 2.45) is 0 Å². The van der Waals surface area contributed by atoms with Crippen molar-refractivity contribution < 1.29 is 24.5 Å². The van der Waals surface area contributed by atoms with Gasteiger partial charge in [-0.2, -0.15) is 0 Å². The summed E-state index contributed by atoms with van der Waals surface area (Å²) in [4.78, 5) is 28.0. The fourth-order valence-corrected chi connectivity index (χ4v) is 4.79. The summed E-state index contributed by atoms with van der Waals surface area (Å²) in [6.45, 7) is 4.13. The monoisotopic (exact) mass is 505 g/mol. The van der Waals surface area contributed by atoms with E-state index >= 15 is 0 Å². The Hall–Kier alpha value is -4.84. The number of nitrogens with zero attached hydrogens (tertiary/aromatic N) is 1. The molecule has 4 aromatic carbocycles. The van der Waals surface area contributed by atoms with Crippen molar-refractivity contribution in [3.05, 3.63) is 130 Å². The van der Waals surface area contributed by atoms with E-state index in [4.69, 9.17) is 4.74 Å². The number of hydrogen-bond acceptors (Lipinski definition) is 5. The van der Waals surface area contributed by atoms with Crippen molar-refractivity contribution in [2.75, 3.05) is 4.90 Å². The van der Waals surface area contributed by atoms with Gasteiger partial charge < -0.3 is 14.9 Å². The third-order valence-electron chi connectivity index (χ3n) is 6.75. The number of amides is 1. The average Bonchev–Trinajstić information content (AvgIpc) is 3.18. The summed E-state index contributed by atoms with van der Waals surface area (Å²) in [6.07, 6.45) is 0. The SMILES string of the molecule is Cc1cc(/C(O)=C2\C(=O)C(=O)N(c3ccccc3O)C2c2ccccc2C)ccc1OCc1ccccc1. The number of phenols is 1. The van der Waals surface area contributed by atoms with Crippen LogP contribution < -0.4 is 9.64 Å². The van der Waals surface area contributed by atoms with Crippen LogP contribution in [0, 0.1) is 13.8 Å². The molecule has 1 aliphatic heterocycles. The highest BCUT2D eigenvalue weighted by Crippen LogP contribution is 2.45. The number of aryl methyl sites for hydroxylation is 2. The highest BCUT2D eigenvalue weighted by Gasteiger charge is 2.48. The highest BCUT2D eigenvalue weighted by atomic mass is 16.5. The van der Waals surface area contributed by atoms with E-state index in [0.29, 0.717) is 23.5 Å². The number of rotatable bonds is 6. The molecule has 0 saturated carbocycles. The number of phenolic OH excluding ortho intramolecular Hbond substituents is 1. The third kappa shape index (κ3) is 4.52. The van der Waals surface area contributed by atoms with Gasteiger partial charge in [0.25, 0.3) is 11.7 Å². The van der Waals surface area contributed by atoms with Crippen LogP contribution >= 0.6 is 0 Å². The topological polar surface area (TPSA) is 87.1 Å². The maximum absolute atomic E-state index is 13.4. The largest absolute Gasteiger partial charge is 0.507 e. The minimum absolute atomic E-state index is 0.0371. The summed E-state index contributed by atoms with van der Waals surface area (Å²) in [5.41, 5.74) is 3.87. The van der Waals surface area contributed by atoms with Gasteiger partial charge in [0.1, 0.15) is 23.9 Å². The van der Waals surface area contributed by atoms with Gasteiger partial charge in [0.2, 0.25) is 0 Å². The van der Waals surface area contributed by atoms with Crippen LogP contribution in [0.15, 0.2) is 103 Å². The Balaban J connectivity index is 1.58. The van der Waals surface area contributed by atoms with Gasteiger partial charge in [-0.3, -0.25) is 14.5 Å². The zero-order valence-electron chi connectivity index (χ0n) is 21.1. The standard InChI is InChI=1S/C32H27NO5/c1-20-10-6-7-13-24(20)29-28(31(36)32(37)33(29)25-14-8-9-15-26(25)34)30(35)23-16-17-27(21(2)18-23)38-19-22-11-4-3-5-12-22/h3-18,29,34-35H,19H2,1-2H3/b30-28+. The van der Waals surface area contributed by atoms with E-state index in [2.05, 4.69) is 0 Å². The number of carbonyl (C=O) groups excluding carboxylic acids is 2. The number of benzene rings is 4. The Morgan fingerprint density at radius 1 is 0.842 bits per heavy atom. The number of carbonyl (C=O) groups is 2. The summed E-state index contributed by atoms with van der Waals surface area (Å²) in [5.74, 6) is -1.41. The highest BCUT2D eigenvalue weighted by molar-refractivity contribution is 6.52. The summed E-state index contributed by atoms with van der Waals surface area (Å²) in [5, 5.41) is 22.0. The van der Waals surface area contributed by atoms with Crippen LogP contribution in [0.3, 0.4) is 0 Å². The molecule has 0 aromatic heterocycles. The second-order valence-electron chi connectivity index (χ2n) is 9.27. The minimum Gasteiger partial charge on any atom is -0.507 e. The summed E-state index contributed by atoms with van der Waals surface area (Å²) >= 11 is 0. The van der Waals surface area contributed by atoms with Gasteiger partial charge in [0, 0.05) is 5.56 Å². The maximum Gasteiger partial charge on any atom is 0.300 e. The van der Waals surface area contributed by atoms with Crippen molar-refractivity contribution in [2.45, 2.75) is 26.5 Å². The molecule has 1 aliphatic rings. The first kappa shape index (κ1) is 24.8. The molecule has 1 heterocycles. The van der Waals surface area contributed by atoms with Crippen LogP contribution in [0.4, 0.5) is 5.69 Å². The number of para-hydroxylation sites is 2. The molecular weight excluding hydrogens is 478 g/mol. The summed E-state index contributed by atoms with van der Waals surface area (Å²) in [6, 6.07) is 27.8. The lowest BCUT2D eigenvalue weighted by Crippen LogP contribution is -2.29. The molecule has 6 heteroatoms. The lowest BCUT2D eigenvalue weighted by atomic mass is 9.92. The normalized spacial score (nSPS) is 16.6. The molecular formula is C32H27NO5. The molecule has 2 N–H and O–H groups in total. The molecule has 0 spiro atoms. The maximum atomic E-state index is 13.4. The molecule has 1 unspecified atom stereocenters. The first-order valence-corrected chi connectivity index (χ1v) is 12.3. The quantitative estimate of drug-likeness (QED) is 0.185. The number of ketones is 1. The summed E-state index contributed by atoms with van der Waals surface area (Å²) in [7, 11) is 0. The second-order valence-corrected chi connectivity index (χ2v) is 9.27.